The van der Waals surface area contributed by atoms with E-state index in [1.54, 1.807) is 0 Å². The molecule has 0 heterocycles. The normalized spacial score (nSPS) is 12.8. The van der Waals surface area contributed by atoms with E-state index in [2.05, 4.69) is 364 Å². The van der Waals surface area contributed by atoms with Crippen LogP contribution in [0.3, 0.4) is 0 Å². The van der Waals surface area contributed by atoms with Crippen LogP contribution in [0.5, 0.6) is 0 Å². The zero-order valence-electron chi connectivity index (χ0n) is 79.7. The molecule has 18 rings (SSSR count). The van der Waals surface area contributed by atoms with E-state index in [1.807, 2.05) is 49.1 Å². The van der Waals surface area contributed by atoms with Crippen molar-refractivity contribution in [3.63, 3.8) is 0 Å². The summed E-state index contributed by atoms with van der Waals surface area (Å²) in [6, 6.07) is 144. The van der Waals surface area contributed by atoms with Crippen molar-refractivity contribution in [1.82, 2.24) is 0 Å². The van der Waals surface area contributed by atoms with Crippen molar-refractivity contribution in [2.45, 2.75) is 161 Å². The summed E-state index contributed by atoms with van der Waals surface area (Å²) in [5, 5.41) is 17.7. The van der Waals surface area contributed by atoms with Crippen molar-refractivity contribution in [1.29, 1.82) is 0 Å². The van der Waals surface area contributed by atoms with E-state index in [0.717, 1.165) is 22.3 Å². The molecule has 0 radical (unpaired) electrons. The quantitative estimate of drug-likeness (QED) is 0.0240. The predicted molar refractivity (Wildman–Crippen MR) is 618 cm³/mol. The molecule has 0 N–H and O–H groups in total. The number of halogens is 18. The summed E-state index contributed by atoms with van der Waals surface area (Å²) in [5.41, 5.74) is 4.11. The maximum atomic E-state index is 4.81. The Morgan fingerprint density at radius 3 is 0.575 bits per heavy atom. The van der Waals surface area contributed by atoms with Crippen LogP contribution < -0.4 is 132 Å². The van der Waals surface area contributed by atoms with Crippen LogP contribution in [0.25, 0.3) is 0 Å². The molecule has 4 saturated carbocycles. The van der Waals surface area contributed by atoms with Crippen molar-refractivity contribution in [2.75, 3.05) is 21.4 Å². The Hall–Kier alpha value is -0.332. The van der Waals surface area contributed by atoms with Crippen molar-refractivity contribution < 1.29 is 184 Å². The summed E-state index contributed by atoms with van der Waals surface area (Å²) in [6.07, 6.45) is 33.9. The topological polar surface area (TPSA) is 49.4 Å². The molecule has 0 spiro atoms. The Labute approximate surface area is 1060 Å². The van der Waals surface area contributed by atoms with E-state index >= 15 is 0 Å². The number of hydrogen-bond donors (Lipinski definition) is 0. The van der Waals surface area contributed by atoms with E-state index in [9.17, 15) is 0 Å². The zero-order chi connectivity index (χ0) is 96.9. The number of hydrogen-bond acceptors (Lipinski definition) is 4. The van der Waals surface area contributed by atoms with Gasteiger partial charge in [-0.2, -0.15) is 48.5 Å². The van der Waals surface area contributed by atoms with Gasteiger partial charge in [0.1, 0.15) is 0 Å². The van der Waals surface area contributed by atoms with E-state index in [-0.39, 0.29) is 205 Å². The van der Waals surface area contributed by atoms with Gasteiger partial charge >= 0.3 is 116 Å². The average Bonchev–Trinajstić information content (AvgIpc) is 1.22. The second kappa shape index (κ2) is 99.0. The third-order valence-corrected chi connectivity index (χ3v) is 31.1. The van der Waals surface area contributed by atoms with Crippen LogP contribution in [0.1, 0.15) is 151 Å². The van der Waals surface area contributed by atoms with E-state index in [0.29, 0.717) is 24.2 Å². The molecule has 146 heavy (non-hydrogen) atoms. The van der Waals surface area contributed by atoms with Crippen LogP contribution in [-0.2, 0) is 116 Å². The SMILES string of the molecule is ClC(Cl)Cl.ClC(Cl)Cl.ClCCl.ClCCl.ClCCl.ClCCl.[Br-].[Br-].[Br-].[Br-].[Fe+2].[Fe+2].[Pd+2].[Pd+2].[Pd+2].[Pd+2].[c-]1cc(C=NC2CCCCC2)[c-]cc1C=NC1CCCCC1.[c-]1cc(C=NC2CCCCC2)[c-]cc1C=NC1CCCCC1.c1ccc(P(c2ccccc2)[c-]2cccc2)cc1.c1ccc(P(c2ccccc2)c2ccc[cH-]2)cc1.c1ccc(P(c2ccccc2)c2ccc[cH-]2)cc1.c1ccc(P(c2ccccc2)c2ccc[cH-]2)cc1. The Kier molecular flexibility index (Phi) is 103. The first-order chi connectivity index (χ1) is 66.7. The second-order valence-corrected chi connectivity index (χ2v) is 46.8. The summed E-state index contributed by atoms with van der Waals surface area (Å²) >= 11 is 66.9. The van der Waals surface area contributed by atoms with Gasteiger partial charge in [0.25, 0.3) is 0 Å². The number of alkyl halides is 14. The number of nitrogens with zero attached hydrogens (tertiary/aromatic N) is 4. The first-order valence-electron chi connectivity index (χ1n) is 45.5. The molecule has 32 heteroatoms. The van der Waals surface area contributed by atoms with E-state index in [4.69, 9.17) is 182 Å². The summed E-state index contributed by atoms with van der Waals surface area (Å²) in [5.74, 6) is 0. The molecule has 0 aliphatic heterocycles. The van der Waals surface area contributed by atoms with Crippen LogP contribution in [0.15, 0.2) is 384 Å². The first-order valence-corrected chi connectivity index (χ1v) is 57.8. The monoisotopic (exact) mass is 3010 g/mol. The van der Waals surface area contributed by atoms with Crippen LogP contribution in [0.2, 0.25) is 0 Å². The second-order valence-electron chi connectivity index (χ2n) is 30.8. The van der Waals surface area contributed by atoms with Gasteiger partial charge < -0.3 is 87.9 Å². The van der Waals surface area contributed by atoms with Gasteiger partial charge in [0, 0.05) is 24.2 Å². The molecule has 14 aromatic carbocycles. The standard InChI is InChI=1S/2C20H26N2.4C17H14P.2CHCl3.4CH2Cl2.4BrH.2Fe.4Pd/c2*1-3-7-19(8-4-1)21-15-17-11-13-18(14-12-17)16-22-20-9-5-2-6-10-20;4*1-3-9-15(10-4-1)18(17-13-7-8-14-17)16-11-5-2-6-12-16;2*2-1(3)4;4*2-1-3;;;;;;;;;;/h2*11,14-16,19-20H,1-10H2;4*1-14H;2*1H;4*1H2;4*1H;;;;;;/q2*-2;4*-1;;;;;;;;;;;6*+2/p-4. The van der Waals surface area contributed by atoms with Crippen molar-refractivity contribution in [2.24, 2.45) is 20.0 Å². The molecular weight excluding hydrogens is 2900 g/mol. The smallest absolute Gasteiger partial charge is 1.00 e. The minimum absolute atomic E-state index is 0. The zero-order valence-corrected chi connectivity index (χ0v) is 109. The van der Waals surface area contributed by atoms with Crippen molar-refractivity contribution in [3.8, 4) is 0 Å². The first kappa shape index (κ1) is 152. The van der Waals surface area contributed by atoms with Gasteiger partial charge in [-0.1, -0.05) is 422 Å². The van der Waals surface area contributed by atoms with Gasteiger partial charge in [-0.3, -0.25) is 0 Å². The maximum absolute atomic E-state index is 4.81. The van der Waals surface area contributed by atoms with Crippen LogP contribution in [-0.4, -0.2) is 79.0 Å². The molecule has 4 nitrogen and oxygen atoms in total. The fourth-order valence-corrected chi connectivity index (χ4v) is 24.5. The Bertz CT molecular complexity index is 4480. The van der Waals surface area contributed by atoms with Crippen molar-refractivity contribution in [3.05, 3.63) is 411 Å². The number of benzene rings is 10. The van der Waals surface area contributed by atoms with Gasteiger partial charge in [0.2, 0.25) is 0 Å². The molecule has 0 aromatic heterocycles. The van der Waals surface area contributed by atoms with Crippen LogP contribution in [0, 0.1) is 24.3 Å². The molecule has 14 aromatic rings. The number of aliphatic imine (C=N–C) groups is 4. The van der Waals surface area contributed by atoms with Gasteiger partial charge in [-0.15, -0.1) is 114 Å². The minimum atomic E-state index is -0.750. The predicted octanol–water partition coefficient (Wildman–Crippen LogP) is 19.9. The molecular formula is C114H118Br4Cl14Fe2N4P4Pd4. The Morgan fingerprint density at radius 1 is 0.260 bits per heavy atom. The molecule has 0 unspecified atom stereocenters. The average molecular weight is 3020 g/mol. The summed E-state index contributed by atoms with van der Waals surface area (Å²) in [7, 11) is -1.64. The van der Waals surface area contributed by atoms with Gasteiger partial charge in [-0.25, -0.2) is 119 Å². The Balaban J connectivity index is -0.000000788. The molecule has 0 amide bonds. The van der Waals surface area contributed by atoms with Crippen LogP contribution >= 0.6 is 194 Å². The maximum Gasteiger partial charge on any atom is 2.00 e. The van der Waals surface area contributed by atoms with E-state index in [1.165, 1.54) is 192 Å². The fraction of sp³-hybridized carbons (Fsp3) is 0.263. The summed E-state index contributed by atoms with van der Waals surface area (Å²) in [6.45, 7) is 0. The van der Waals surface area contributed by atoms with Gasteiger partial charge in [-0.05, 0) is 118 Å². The van der Waals surface area contributed by atoms with Crippen LogP contribution in [0.4, 0.5) is 0 Å². The van der Waals surface area contributed by atoms with Gasteiger partial charge in [0.05, 0.1) is 21.4 Å². The molecule has 0 saturated heterocycles. The largest absolute Gasteiger partial charge is 2.00 e. The molecule has 4 aliphatic rings. The van der Waals surface area contributed by atoms with Crippen molar-refractivity contribution >= 4 is 283 Å². The number of rotatable bonds is 20. The molecule has 796 valence electrons. The minimum Gasteiger partial charge on any atom is -1.00 e. The Morgan fingerprint density at radius 2 is 0.425 bits per heavy atom. The third kappa shape index (κ3) is 65.3. The summed E-state index contributed by atoms with van der Waals surface area (Å²) in [4.78, 5) is 18.8. The molecule has 4 fully saturated rings. The van der Waals surface area contributed by atoms with Gasteiger partial charge in [0.15, 0.2) is 8.59 Å². The fourth-order valence-electron chi connectivity index (χ4n) is 15.2. The molecule has 0 bridgehead atoms. The molecule has 0 atom stereocenters. The third-order valence-electron chi connectivity index (χ3n) is 21.3. The molecule has 4 aliphatic carbocycles. The summed E-state index contributed by atoms with van der Waals surface area (Å²) < 4.78 is -1.50. The van der Waals surface area contributed by atoms with E-state index < -0.39 is 40.3 Å².